The van der Waals surface area contributed by atoms with Crippen molar-refractivity contribution in [2.45, 2.75) is 43.7 Å². The van der Waals surface area contributed by atoms with Crippen molar-refractivity contribution >= 4 is 13.7 Å². The van der Waals surface area contributed by atoms with Crippen molar-refractivity contribution in [1.29, 1.82) is 0 Å². The maximum Gasteiger partial charge on any atom is 0.459 e. The van der Waals surface area contributed by atoms with Crippen LogP contribution in [-0.4, -0.2) is 61.0 Å². The van der Waals surface area contributed by atoms with Gasteiger partial charge in [-0.3, -0.25) is 23.7 Å². The number of halogens is 1. The number of aromatic amines is 1. The fraction of sp³-hybridized carbons (Fsp3) is 0.421. The Bertz CT molecular complexity index is 1200. The minimum Gasteiger partial charge on any atom is -0.480 e. The monoisotopic (exact) mass is 503 g/mol. The lowest BCUT2D eigenvalue weighted by Gasteiger charge is -2.28. The molecule has 0 amide bonds. The highest BCUT2D eigenvalue weighted by atomic mass is 31.2. The van der Waals surface area contributed by atoms with Crippen LogP contribution in [-0.2, 0) is 18.6 Å². The molecule has 13 nitrogen and oxygen atoms in total. The molecule has 1 saturated heterocycles. The Balaban J connectivity index is 1.87. The molecule has 1 aromatic heterocycles. The number of ether oxygens (including phenoxy) is 1. The van der Waals surface area contributed by atoms with E-state index in [-0.39, 0.29) is 5.75 Å². The van der Waals surface area contributed by atoms with E-state index < -0.39 is 61.4 Å². The number of hydrogen-bond donors (Lipinski definition) is 5. The quantitative estimate of drug-likeness (QED) is 0.292. The summed E-state index contributed by atoms with van der Waals surface area (Å²) >= 11 is 0. The molecule has 0 aliphatic carbocycles. The number of H-pyrrole nitrogens is 1. The molecule has 0 radical (unpaired) electrons. The van der Waals surface area contributed by atoms with Crippen LogP contribution in [0.1, 0.15) is 20.1 Å². The number of aromatic nitrogens is 2. The number of nitrogens with one attached hydrogen (secondary N) is 2. The van der Waals surface area contributed by atoms with Gasteiger partial charge in [0.15, 0.2) is 6.23 Å². The molecule has 15 heteroatoms. The number of rotatable bonds is 9. The minimum absolute atomic E-state index is 0.00128. The number of aliphatic hydroxyl groups excluding tert-OH is 1. The van der Waals surface area contributed by atoms with Crippen molar-refractivity contribution in [3.05, 3.63) is 63.4 Å². The highest BCUT2D eigenvalue weighted by molar-refractivity contribution is 7.52. The Morgan fingerprint density at radius 3 is 2.59 bits per heavy atom. The Morgan fingerprint density at radius 2 is 2.00 bits per heavy atom. The summed E-state index contributed by atoms with van der Waals surface area (Å²) in [5, 5.41) is 32.4. The molecule has 3 rings (SSSR count). The van der Waals surface area contributed by atoms with Crippen molar-refractivity contribution in [2.24, 2.45) is 0 Å². The number of alkyl halides is 1. The van der Waals surface area contributed by atoms with Crippen LogP contribution >= 0.6 is 7.75 Å². The van der Waals surface area contributed by atoms with Crippen LogP contribution < -0.4 is 20.9 Å². The molecule has 186 valence electrons. The molecular formula is C19H23FN3O10P. The number of hydrogen-bond acceptors (Lipinski definition) is 9. The van der Waals surface area contributed by atoms with Crippen LogP contribution in [0.2, 0.25) is 0 Å². The van der Waals surface area contributed by atoms with Crippen molar-refractivity contribution in [3.63, 3.8) is 0 Å². The van der Waals surface area contributed by atoms with E-state index in [1.54, 1.807) is 6.07 Å². The SMILES string of the molecule is C[C@H](N[P@@](=O)(OC[C@@]1(F)O[C@@H](n2ccc(=O)[nH]c2=O)[C@](C)(O)[C@@H]1O)Oc1ccccc1)C(=O)O. The molecule has 2 aromatic rings. The summed E-state index contributed by atoms with van der Waals surface area (Å²) in [6.45, 7) is 0.816. The molecule has 0 spiro atoms. The molecule has 0 saturated carbocycles. The van der Waals surface area contributed by atoms with Gasteiger partial charge in [-0.25, -0.2) is 13.8 Å². The highest BCUT2D eigenvalue weighted by Gasteiger charge is 2.63. The number of para-hydroxylation sites is 1. The molecule has 6 atom stereocenters. The molecule has 5 N–H and O–H groups in total. The lowest BCUT2D eigenvalue weighted by Crippen LogP contribution is -2.50. The van der Waals surface area contributed by atoms with Gasteiger partial charge in [0.1, 0.15) is 30.1 Å². The van der Waals surface area contributed by atoms with Crippen molar-refractivity contribution in [2.75, 3.05) is 6.61 Å². The van der Waals surface area contributed by atoms with Gasteiger partial charge < -0.3 is 24.6 Å². The number of carboxylic acid groups (broad SMARTS) is 1. The fourth-order valence-electron chi connectivity index (χ4n) is 3.18. The van der Waals surface area contributed by atoms with Gasteiger partial charge in [0.05, 0.1) is 0 Å². The molecule has 1 fully saturated rings. The van der Waals surface area contributed by atoms with Gasteiger partial charge in [-0.2, -0.15) is 5.09 Å². The molecule has 1 aliphatic heterocycles. The van der Waals surface area contributed by atoms with Crippen LogP contribution in [0.5, 0.6) is 5.75 Å². The number of carboxylic acids is 1. The number of carbonyl (C=O) groups is 1. The average Bonchev–Trinajstić information content (AvgIpc) is 2.93. The lowest BCUT2D eigenvalue weighted by atomic mass is 9.95. The van der Waals surface area contributed by atoms with E-state index in [1.807, 2.05) is 4.98 Å². The van der Waals surface area contributed by atoms with Crippen LogP contribution in [0.4, 0.5) is 4.39 Å². The third-order valence-corrected chi connectivity index (χ3v) is 6.62. The molecule has 34 heavy (non-hydrogen) atoms. The zero-order valence-corrected chi connectivity index (χ0v) is 18.8. The zero-order chi connectivity index (χ0) is 25.3. The first kappa shape index (κ1) is 25.7. The molecular weight excluding hydrogens is 480 g/mol. The third-order valence-electron chi connectivity index (χ3n) is 5.00. The second kappa shape index (κ2) is 9.41. The predicted molar refractivity (Wildman–Crippen MR) is 113 cm³/mol. The number of benzene rings is 1. The maximum atomic E-state index is 15.6. The Kier molecular flexibility index (Phi) is 7.12. The van der Waals surface area contributed by atoms with Gasteiger partial charge in [-0.05, 0) is 26.0 Å². The summed E-state index contributed by atoms with van der Waals surface area (Å²) in [5.74, 6) is -4.64. The van der Waals surface area contributed by atoms with Crippen molar-refractivity contribution < 1.29 is 42.9 Å². The number of aliphatic hydroxyl groups is 2. The van der Waals surface area contributed by atoms with E-state index in [1.165, 1.54) is 24.3 Å². The summed E-state index contributed by atoms with van der Waals surface area (Å²) in [6.07, 6.45) is -3.22. The molecule has 1 aromatic carbocycles. The van der Waals surface area contributed by atoms with Gasteiger partial charge in [0.25, 0.3) is 11.4 Å². The Morgan fingerprint density at radius 1 is 1.35 bits per heavy atom. The topological polar surface area (TPSA) is 189 Å². The first-order valence-corrected chi connectivity index (χ1v) is 11.4. The second-order valence-corrected chi connectivity index (χ2v) is 9.46. The summed E-state index contributed by atoms with van der Waals surface area (Å²) in [7, 11) is -4.58. The van der Waals surface area contributed by atoms with Crippen LogP contribution in [0, 0.1) is 0 Å². The van der Waals surface area contributed by atoms with Crippen LogP contribution in [0.3, 0.4) is 0 Å². The number of nitrogens with zero attached hydrogens (tertiary/aromatic N) is 1. The summed E-state index contributed by atoms with van der Waals surface area (Å²) < 4.78 is 45.0. The average molecular weight is 503 g/mol. The van der Waals surface area contributed by atoms with Crippen molar-refractivity contribution in [3.8, 4) is 5.75 Å². The van der Waals surface area contributed by atoms with E-state index in [2.05, 4.69) is 5.09 Å². The summed E-state index contributed by atoms with van der Waals surface area (Å²) in [5.41, 5.74) is -4.22. The Hall–Kier alpha value is -2.87. The smallest absolute Gasteiger partial charge is 0.459 e. The predicted octanol–water partition coefficient (Wildman–Crippen LogP) is 0.110. The van der Waals surface area contributed by atoms with E-state index in [4.69, 9.17) is 18.9 Å². The first-order valence-electron chi connectivity index (χ1n) is 9.86. The van der Waals surface area contributed by atoms with Crippen LogP contribution in [0.15, 0.2) is 52.2 Å². The zero-order valence-electron chi connectivity index (χ0n) is 18.0. The fourth-order valence-corrected chi connectivity index (χ4v) is 4.69. The highest BCUT2D eigenvalue weighted by Crippen LogP contribution is 2.50. The summed E-state index contributed by atoms with van der Waals surface area (Å²) in [4.78, 5) is 36.5. The molecule has 2 heterocycles. The normalized spacial score (nSPS) is 29.3. The number of aliphatic carboxylic acids is 1. The van der Waals surface area contributed by atoms with E-state index in [9.17, 15) is 29.2 Å². The first-order chi connectivity index (χ1) is 15.8. The summed E-state index contributed by atoms with van der Waals surface area (Å²) in [6, 6.07) is 6.94. The van der Waals surface area contributed by atoms with Gasteiger partial charge in [0, 0.05) is 12.3 Å². The largest absolute Gasteiger partial charge is 0.480 e. The van der Waals surface area contributed by atoms with Gasteiger partial charge in [0.2, 0.25) is 0 Å². The van der Waals surface area contributed by atoms with E-state index in [0.29, 0.717) is 4.57 Å². The van der Waals surface area contributed by atoms with Gasteiger partial charge in [-0.1, -0.05) is 18.2 Å². The molecule has 0 unspecified atom stereocenters. The van der Waals surface area contributed by atoms with Crippen molar-refractivity contribution in [1.82, 2.24) is 14.6 Å². The van der Waals surface area contributed by atoms with Gasteiger partial charge >= 0.3 is 19.4 Å². The molecule has 1 aliphatic rings. The van der Waals surface area contributed by atoms with E-state index >= 15 is 4.39 Å². The standard InChI is InChI=1S/C19H23FN3O10P/c1-11(14(25)26)22-34(30,33-12-6-4-3-5-7-12)31-10-19(20)15(27)18(2,29)16(32-19)23-9-8-13(24)21-17(23)28/h3-9,11,15-16,27,29H,10H2,1-2H3,(H,22,30)(H,25,26)(H,21,24,28)/t11-,15-,16+,18+,19+,34+/m0/s1. The second-order valence-electron chi connectivity index (χ2n) is 7.77. The molecule has 0 bridgehead atoms. The van der Waals surface area contributed by atoms with Crippen LogP contribution in [0.25, 0.3) is 0 Å². The maximum absolute atomic E-state index is 15.6. The van der Waals surface area contributed by atoms with E-state index in [0.717, 1.165) is 26.1 Å². The lowest BCUT2D eigenvalue weighted by molar-refractivity contribution is -0.204. The minimum atomic E-state index is -4.58. The third kappa shape index (κ3) is 5.27. The Labute approximate surface area is 191 Å². The van der Waals surface area contributed by atoms with Gasteiger partial charge in [-0.15, -0.1) is 0 Å².